The molecule has 0 N–H and O–H groups in total. The molecule has 1 amide bonds. The van der Waals surface area contributed by atoms with Gasteiger partial charge in [0.25, 0.3) is 5.19 Å². The Morgan fingerprint density at radius 3 is 2.48 bits per heavy atom. The Bertz CT molecular complexity index is 1100. The number of aromatic nitrogens is 1. The first-order valence-electron chi connectivity index (χ1n) is 11.0. The minimum absolute atomic E-state index is 0.134. The molecule has 1 atom stereocenters. The molecule has 0 saturated heterocycles. The first kappa shape index (κ1) is 23.4. The van der Waals surface area contributed by atoms with Crippen molar-refractivity contribution in [3.63, 3.8) is 0 Å². The summed E-state index contributed by atoms with van der Waals surface area (Å²) in [6.45, 7) is 3.91. The second-order valence-electron chi connectivity index (χ2n) is 8.21. The highest BCUT2D eigenvalue weighted by molar-refractivity contribution is 7.15. The fourth-order valence-corrected chi connectivity index (χ4v) is 4.55. The monoisotopic (exact) mass is 486 g/mol. The predicted octanol–water partition coefficient (Wildman–Crippen LogP) is 7.71. The van der Waals surface area contributed by atoms with E-state index in [0.717, 1.165) is 35.5 Å². The Morgan fingerprint density at radius 1 is 1.12 bits per heavy atom. The second kappa shape index (κ2) is 10.4. The number of nitrogens with zero attached hydrogens (tertiary/aromatic N) is 2. The van der Waals surface area contributed by atoms with Gasteiger partial charge in [-0.15, -0.1) is 0 Å². The Morgan fingerprint density at radius 2 is 1.82 bits per heavy atom. The highest BCUT2D eigenvalue weighted by Gasteiger charge is 2.18. The number of rotatable bonds is 8. The van der Waals surface area contributed by atoms with E-state index in [2.05, 4.69) is 4.98 Å². The number of hydrogen-bond acceptors (Lipinski definition) is 6. The normalized spacial score (nSPS) is 14.7. The van der Waals surface area contributed by atoms with Crippen LogP contribution in [0.25, 0.3) is 0 Å². The van der Waals surface area contributed by atoms with Crippen molar-refractivity contribution in [3.8, 4) is 27.5 Å². The molecule has 1 saturated carbocycles. The van der Waals surface area contributed by atoms with Gasteiger partial charge in [0.2, 0.25) is 5.06 Å². The molecule has 1 fully saturated rings. The maximum atomic E-state index is 11.4. The van der Waals surface area contributed by atoms with E-state index in [1.807, 2.05) is 56.3 Å². The summed E-state index contributed by atoms with van der Waals surface area (Å²) < 4.78 is 18.0. The number of aryl methyl sites for hydroxylation is 1. The Balaban J connectivity index is 1.36. The van der Waals surface area contributed by atoms with Crippen LogP contribution in [0.4, 0.5) is 4.79 Å². The summed E-state index contributed by atoms with van der Waals surface area (Å²) in [5.74, 6) is 2.30. The summed E-state index contributed by atoms with van der Waals surface area (Å²) in [5.41, 5.74) is 1.95. The van der Waals surface area contributed by atoms with Gasteiger partial charge >= 0.3 is 5.37 Å². The number of thiazole rings is 1. The first-order valence-corrected chi connectivity index (χ1v) is 12.2. The lowest BCUT2D eigenvalue weighted by molar-refractivity contribution is 0.209. The van der Waals surface area contributed by atoms with Gasteiger partial charge in [-0.05, 0) is 104 Å². The van der Waals surface area contributed by atoms with Gasteiger partial charge in [-0.3, -0.25) is 4.79 Å². The van der Waals surface area contributed by atoms with Gasteiger partial charge in [0.05, 0.1) is 18.3 Å². The molecule has 0 bridgehead atoms. The van der Waals surface area contributed by atoms with Crippen LogP contribution >= 0.6 is 22.9 Å². The minimum atomic E-state index is -0.494. The minimum Gasteiger partial charge on any atom is -0.490 e. The number of halogens is 1. The Hall–Kier alpha value is -2.77. The van der Waals surface area contributed by atoms with E-state index in [1.165, 1.54) is 29.1 Å². The SMILES string of the molecule is Cc1cc(OC2CCCC2)ccc1Oc1ncc(Oc2ccc(C(C)N(C)C(=O)Cl)cc2)s1. The molecule has 174 valence electrons. The zero-order chi connectivity index (χ0) is 23.4. The molecule has 33 heavy (non-hydrogen) atoms. The van der Waals surface area contributed by atoms with Crippen LogP contribution in [0.2, 0.25) is 0 Å². The predicted molar refractivity (Wildman–Crippen MR) is 130 cm³/mol. The Labute approximate surface area is 203 Å². The highest BCUT2D eigenvalue weighted by Crippen LogP contribution is 2.36. The van der Waals surface area contributed by atoms with Crippen LogP contribution < -0.4 is 14.2 Å². The lowest BCUT2D eigenvalue weighted by Gasteiger charge is -2.22. The van der Waals surface area contributed by atoms with Gasteiger partial charge in [-0.25, -0.2) is 4.98 Å². The van der Waals surface area contributed by atoms with Crippen molar-refractivity contribution in [2.75, 3.05) is 7.05 Å². The van der Waals surface area contributed by atoms with Crippen molar-refractivity contribution in [1.82, 2.24) is 9.88 Å². The van der Waals surface area contributed by atoms with E-state index in [4.69, 9.17) is 25.8 Å². The fourth-order valence-electron chi connectivity index (χ4n) is 3.75. The molecule has 0 radical (unpaired) electrons. The molecule has 6 nitrogen and oxygen atoms in total. The molecule has 8 heteroatoms. The largest absolute Gasteiger partial charge is 0.490 e. The summed E-state index contributed by atoms with van der Waals surface area (Å²) in [6.07, 6.45) is 6.72. The van der Waals surface area contributed by atoms with Crippen LogP contribution in [-0.4, -0.2) is 28.4 Å². The molecule has 3 aromatic rings. The smallest absolute Gasteiger partial charge is 0.316 e. The summed E-state index contributed by atoms with van der Waals surface area (Å²) in [5, 5.41) is 0.633. The Kier molecular flexibility index (Phi) is 7.40. The van der Waals surface area contributed by atoms with Crippen LogP contribution in [0.3, 0.4) is 0 Å². The molecular weight excluding hydrogens is 460 g/mol. The molecule has 1 heterocycles. The number of amides is 1. The molecule has 2 aromatic carbocycles. The number of hydrogen-bond donors (Lipinski definition) is 0. The van der Waals surface area contributed by atoms with Crippen LogP contribution in [0, 0.1) is 6.92 Å². The number of ether oxygens (including phenoxy) is 3. The lowest BCUT2D eigenvalue weighted by atomic mass is 10.1. The van der Waals surface area contributed by atoms with Crippen LogP contribution in [-0.2, 0) is 0 Å². The third-order valence-electron chi connectivity index (χ3n) is 5.85. The third-order valence-corrected chi connectivity index (χ3v) is 6.87. The number of carbonyl (C=O) groups excluding carboxylic acids is 1. The van der Waals surface area contributed by atoms with E-state index in [1.54, 1.807) is 13.2 Å². The molecule has 1 aliphatic rings. The standard InChI is InChI=1S/C25H27ClN2O4S/c1-16-14-21(30-19-6-4-5-7-19)12-13-22(16)32-25-27-15-23(33-25)31-20-10-8-18(9-11-20)17(2)28(3)24(26)29/h8-15,17,19H,4-7H2,1-3H3. The van der Waals surface area contributed by atoms with E-state index in [0.29, 0.717) is 22.1 Å². The first-order chi connectivity index (χ1) is 15.9. The molecule has 1 aliphatic carbocycles. The number of benzene rings is 2. The molecule has 0 spiro atoms. The topological polar surface area (TPSA) is 60.9 Å². The molecule has 0 aliphatic heterocycles. The zero-order valence-corrected chi connectivity index (χ0v) is 20.5. The molecule has 1 aromatic heterocycles. The second-order valence-corrected chi connectivity index (χ2v) is 9.49. The molecule has 1 unspecified atom stereocenters. The van der Waals surface area contributed by atoms with Gasteiger partial charge in [-0.2, -0.15) is 0 Å². The summed E-state index contributed by atoms with van der Waals surface area (Å²) >= 11 is 6.89. The maximum Gasteiger partial charge on any atom is 0.316 e. The van der Waals surface area contributed by atoms with Gasteiger partial charge in [-0.1, -0.05) is 12.1 Å². The molecule has 4 rings (SSSR count). The van der Waals surface area contributed by atoms with Crippen LogP contribution in [0.1, 0.15) is 49.8 Å². The van der Waals surface area contributed by atoms with Crippen molar-refractivity contribution in [3.05, 3.63) is 59.8 Å². The average molecular weight is 487 g/mol. The average Bonchev–Trinajstić information content (AvgIpc) is 3.47. The van der Waals surface area contributed by atoms with E-state index >= 15 is 0 Å². The van der Waals surface area contributed by atoms with Gasteiger partial charge in [0, 0.05) is 7.05 Å². The van der Waals surface area contributed by atoms with Crippen LogP contribution in [0.15, 0.2) is 48.7 Å². The highest BCUT2D eigenvalue weighted by atomic mass is 35.5. The van der Waals surface area contributed by atoms with Crippen molar-refractivity contribution in [1.29, 1.82) is 0 Å². The van der Waals surface area contributed by atoms with Gasteiger partial charge < -0.3 is 19.1 Å². The summed E-state index contributed by atoms with van der Waals surface area (Å²) in [7, 11) is 1.67. The van der Waals surface area contributed by atoms with Crippen molar-refractivity contribution < 1.29 is 19.0 Å². The summed E-state index contributed by atoms with van der Waals surface area (Å²) in [4.78, 5) is 17.1. The van der Waals surface area contributed by atoms with E-state index in [9.17, 15) is 4.79 Å². The third kappa shape index (κ3) is 5.97. The van der Waals surface area contributed by atoms with Crippen LogP contribution in [0.5, 0.6) is 27.5 Å². The number of carbonyl (C=O) groups is 1. The van der Waals surface area contributed by atoms with Crippen molar-refractivity contribution in [2.45, 2.75) is 51.7 Å². The zero-order valence-electron chi connectivity index (χ0n) is 18.9. The van der Waals surface area contributed by atoms with Gasteiger partial charge in [0.15, 0.2) is 0 Å². The van der Waals surface area contributed by atoms with E-state index < -0.39 is 5.37 Å². The lowest BCUT2D eigenvalue weighted by Crippen LogP contribution is -2.24. The van der Waals surface area contributed by atoms with Crippen molar-refractivity contribution >= 4 is 28.3 Å². The van der Waals surface area contributed by atoms with E-state index in [-0.39, 0.29) is 6.04 Å². The quantitative estimate of drug-likeness (QED) is 0.241. The maximum absolute atomic E-state index is 11.4. The fraction of sp³-hybridized carbons (Fsp3) is 0.360. The van der Waals surface area contributed by atoms with Gasteiger partial charge in [0.1, 0.15) is 17.2 Å². The molecular formula is C25H27ClN2O4S. The van der Waals surface area contributed by atoms with Crippen molar-refractivity contribution in [2.24, 2.45) is 0 Å². The summed E-state index contributed by atoms with van der Waals surface area (Å²) in [6, 6.07) is 13.3.